The van der Waals surface area contributed by atoms with Crippen molar-refractivity contribution in [3.8, 4) is 5.75 Å². The van der Waals surface area contributed by atoms with Crippen LogP contribution in [0.3, 0.4) is 0 Å². The quantitative estimate of drug-likeness (QED) is 0.679. The van der Waals surface area contributed by atoms with Gasteiger partial charge in [-0.25, -0.2) is 0 Å². The molecule has 1 amide bonds. The lowest BCUT2D eigenvalue weighted by Gasteiger charge is -2.07. The maximum absolute atomic E-state index is 12.0. The molecule has 0 aliphatic heterocycles. The molecular weight excluding hydrogens is 300 g/mol. The number of carbonyl (C=O) groups is 1. The van der Waals surface area contributed by atoms with Gasteiger partial charge < -0.3 is 14.6 Å². The monoisotopic (exact) mass is 311 g/mol. The first-order valence-electron chi connectivity index (χ1n) is 6.04. The highest BCUT2D eigenvalue weighted by Gasteiger charge is 2.17. The van der Waals surface area contributed by atoms with Gasteiger partial charge in [0.2, 0.25) is 0 Å². The number of halogens is 2. The van der Waals surface area contributed by atoms with Crippen LogP contribution in [0.5, 0.6) is 5.75 Å². The van der Waals surface area contributed by atoms with Crippen molar-refractivity contribution in [1.82, 2.24) is 4.57 Å². The fourth-order valence-corrected chi connectivity index (χ4v) is 1.79. The summed E-state index contributed by atoms with van der Waals surface area (Å²) in [5.74, 6) is -0.597. The number of benzene rings is 1. The molecule has 0 spiro atoms. The van der Waals surface area contributed by atoms with Gasteiger partial charge in [-0.2, -0.15) is 8.78 Å². The molecule has 0 saturated carbocycles. The third kappa shape index (κ3) is 3.57. The summed E-state index contributed by atoms with van der Waals surface area (Å²) in [5, 5.41) is 13.2. The van der Waals surface area contributed by atoms with Gasteiger partial charge in [0.15, 0.2) is 0 Å². The van der Waals surface area contributed by atoms with Gasteiger partial charge in [-0.15, -0.1) is 0 Å². The van der Waals surface area contributed by atoms with Crippen molar-refractivity contribution in [2.24, 2.45) is 7.05 Å². The molecule has 1 aromatic heterocycles. The molecule has 0 unspecified atom stereocenters. The number of nitro groups is 1. The molecule has 1 heterocycles. The smallest absolute Gasteiger partial charge is 0.387 e. The zero-order chi connectivity index (χ0) is 16.3. The van der Waals surface area contributed by atoms with Gasteiger partial charge in [0.05, 0.1) is 11.1 Å². The van der Waals surface area contributed by atoms with E-state index < -0.39 is 17.4 Å². The first-order valence-corrected chi connectivity index (χ1v) is 6.04. The number of anilines is 1. The molecule has 0 fully saturated rings. The SMILES string of the molecule is Cn1cc([N+](=O)[O-])cc1C(=O)Nc1ccc(OC(F)F)cc1. The lowest BCUT2D eigenvalue weighted by Crippen LogP contribution is -2.15. The first-order chi connectivity index (χ1) is 10.4. The molecular formula is C13H11F2N3O4. The minimum Gasteiger partial charge on any atom is -0.435 e. The second kappa shape index (κ2) is 6.20. The molecule has 0 saturated heterocycles. The van der Waals surface area contributed by atoms with Crippen molar-refractivity contribution >= 4 is 17.3 Å². The van der Waals surface area contributed by atoms with Crippen molar-refractivity contribution in [3.05, 3.63) is 52.3 Å². The number of nitrogens with zero attached hydrogens (tertiary/aromatic N) is 2. The maximum Gasteiger partial charge on any atom is 0.387 e. The van der Waals surface area contributed by atoms with Gasteiger partial charge in [0.1, 0.15) is 11.4 Å². The molecule has 9 heteroatoms. The van der Waals surface area contributed by atoms with E-state index in [1.54, 1.807) is 0 Å². The highest BCUT2D eigenvalue weighted by molar-refractivity contribution is 6.03. The summed E-state index contributed by atoms with van der Waals surface area (Å²) in [6.45, 7) is -2.93. The van der Waals surface area contributed by atoms with Crippen LogP contribution in [-0.4, -0.2) is 22.0 Å². The van der Waals surface area contributed by atoms with Crippen molar-refractivity contribution in [2.75, 3.05) is 5.32 Å². The van der Waals surface area contributed by atoms with E-state index in [0.717, 1.165) is 6.07 Å². The molecule has 7 nitrogen and oxygen atoms in total. The Morgan fingerprint density at radius 3 is 2.50 bits per heavy atom. The van der Waals surface area contributed by atoms with Crippen molar-refractivity contribution in [3.63, 3.8) is 0 Å². The average Bonchev–Trinajstić information content (AvgIpc) is 2.83. The van der Waals surface area contributed by atoms with Crippen LogP contribution in [0.4, 0.5) is 20.2 Å². The fourth-order valence-electron chi connectivity index (χ4n) is 1.79. The Morgan fingerprint density at radius 2 is 2.00 bits per heavy atom. The number of carbonyl (C=O) groups excluding carboxylic acids is 1. The van der Waals surface area contributed by atoms with Crippen LogP contribution in [0.25, 0.3) is 0 Å². The minimum atomic E-state index is -2.93. The highest BCUT2D eigenvalue weighted by atomic mass is 19.3. The van der Waals surface area contributed by atoms with Gasteiger partial charge >= 0.3 is 6.61 Å². The number of amides is 1. The van der Waals surface area contributed by atoms with E-state index in [-0.39, 0.29) is 17.1 Å². The number of rotatable bonds is 5. The van der Waals surface area contributed by atoms with Gasteiger partial charge in [0.25, 0.3) is 11.6 Å². The van der Waals surface area contributed by atoms with Crippen molar-refractivity contribution < 1.29 is 23.2 Å². The fraction of sp³-hybridized carbons (Fsp3) is 0.154. The summed E-state index contributed by atoms with van der Waals surface area (Å²) in [5.41, 5.74) is 0.239. The zero-order valence-electron chi connectivity index (χ0n) is 11.3. The number of ether oxygens (including phenoxy) is 1. The Bertz CT molecular complexity index is 698. The number of aryl methyl sites for hydroxylation is 1. The molecule has 0 aliphatic carbocycles. The van der Waals surface area contributed by atoms with Crippen molar-refractivity contribution in [1.29, 1.82) is 0 Å². The summed E-state index contributed by atoms with van der Waals surface area (Å²) < 4.78 is 29.5. The van der Waals surface area contributed by atoms with Gasteiger partial charge in [-0.1, -0.05) is 0 Å². The molecule has 0 atom stereocenters. The maximum atomic E-state index is 12.0. The molecule has 2 rings (SSSR count). The van der Waals surface area contributed by atoms with Crippen LogP contribution in [0.2, 0.25) is 0 Å². The Kier molecular flexibility index (Phi) is 4.35. The second-order valence-corrected chi connectivity index (χ2v) is 4.31. The molecule has 0 aliphatic rings. The van der Waals surface area contributed by atoms with E-state index in [1.165, 1.54) is 42.1 Å². The predicted molar refractivity (Wildman–Crippen MR) is 73.1 cm³/mol. The summed E-state index contributed by atoms with van der Waals surface area (Å²) in [6.07, 6.45) is 1.22. The van der Waals surface area contributed by atoms with Crippen LogP contribution in [0, 0.1) is 10.1 Å². The largest absolute Gasteiger partial charge is 0.435 e. The molecule has 1 aromatic carbocycles. The van der Waals surface area contributed by atoms with Gasteiger partial charge in [-0.3, -0.25) is 14.9 Å². The predicted octanol–water partition coefficient (Wildman–Crippen LogP) is 2.79. The summed E-state index contributed by atoms with van der Waals surface area (Å²) in [7, 11) is 1.50. The molecule has 0 radical (unpaired) electrons. The number of hydrogen-bond acceptors (Lipinski definition) is 4. The Morgan fingerprint density at radius 1 is 1.36 bits per heavy atom. The molecule has 2 aromatic rings. The lowest BCUT2D eigenvalue weighted by atomic mass is 10.3. The standard InChI is InChI=1S/C13H11F2N3O4/c1-17-7-9(18(20)21)6-11(17)12(19)16-8-2-4-10(5-3-8)22-13(14)15/h2-7,13H,1H3,(H,16,19). The van der Waals surface area contributed by atoms with Crippen LogP contribution >= 0.6 is 0 Å². The summed E-state index contributed by atoms with van der Waals surface area (Å²) in [6, 6.07) is 6.45. The van der Waals surface area contributed by atoms with E-state index in [2.05, 4.69) is 10.1 Å². The van der Waals surface area contributed by atoms with E-state index >= 15 is 0 Å². The third-order valence-corrected chi connectivity index (χ3v) is 2.77. The Balaban J connectivity index is 2.10. The topological polar surface area (TPSA) is 86.4 Å². The Hall–Kier alpha value is -2.97. The van der Waals surface area contributed by atoms with Crippen molar-refractivity contribution in [2.45, 2.75) is 6.61 Å². The number of aromatic nitrogens is 1. The molecule has 1 N–H and O–H groups in total. The van der Waals surface area contributed by atoms with Crippen LogP contribution in [0.15, 0.2) is 36.5 Å². The minimum absolute atomic E-state index is 0.0393. The third-order valence-electron chi connectivity index (χ3n) is 2.77. The van der Waals surface area contributed by atoms with E-state index in [4.69, 9.17) is 0 Å². The number of alkyl halides is 2. The first kappa shape index (κ1) is 15.4. The summed E-state index contributed by atoms with van der Waals surface area (Å²) in [4.78, 5) is 22.1. The Labute approximate surface area is 123 Å². The van der Waals surface area contributed by atoms with E-state index in [9.17, 15) is 23.7 Å². The average molecular weight is 311 g/mol. The van der Waals surface area contributed by atoms with Gasteiger partial charge in [-0.05, 0) is 24.3 Å². The van der Waals surface area contributed by atoms with E-state index in [0.29, 0.717) is 5.69 Å². The lowest BCUT2D eigenvalue weighted by molar-refractivity contribution is -0.384. The van der Waals surface area contributed by atoms with E-state index in [1.807, 2.05) is 0 Å². The normalized spacial score (nSPS) is 10.5. The molecule has 116 valence electrons. The zero-order valence-corrected chi connectivity index (χ0v) is 11.3. The highest BCUT2D eigenvalue weighted by Crippen LogP contribution is 2.20. The summed E-state index contributed by atoms with van der Waals surface area (Å²) >= 11 is 0. The van der Waals surface area contributed by atoms with Crippen LogP contribution in [-0.2, 0) is 7.05 Å². The van der Waals surface area contributed by atoms with Crippen LogP contribution in [0.1, 0.15) is 10.5 Å². The number of hydrogen-bond donors (Lipinski definition) is 1. The number of nitrogens with one attached hydrogen (secondary N) is 1. The molecule has 0 bridgehead atoms. The van der Waals surface area contributed by atoms with Crippen LogP contribution < -0.4 is 10.1 Å². The second-order valence-electron chi connectivity index (χ2n) is 4.31. The molecule has 22 heavy (non-hydrogen) atoms. The van der Waals surface area contributed by atoms with Gasteiger partial charge in [0, 0.05) is 18.8 Å².